The Morgan fingerprint density at radius 2 is 1.82 bits per heavy atom. The molecule has 0 spiro atoms. The summed E-state index contributed by atoms with van der Waals surface area (Å²) in [7, 11) is 0. The maximum absolute atomic E-state index is 5.42. The van der Waals surface area contributed by atoms with Crippen molar-refractivity contribution in [3.63, 3.8) is 0 Å². The highest BCUT2D eigenvalue weighted by molar-refractivity contribution is 7.71. The molecule has 0 radical (unpaired) electrons. The fourth-order valence-corrected chi connectivity index (χ4v) is 0.702. The highest BCUT2D eigenvalue weighted by atomic mass is 35.5. The van der Waals surface area contributed by atoms with Crippen LogP contribution in [0.1, 0.15) is 13.8 Å². The Kier molecular flexibility index (Phi) is 5.36. The van der Waals surface area contributed by atoms with E-state index in [1.165, 1.54) is 0 Å². The van der Waals surface area contributed by atoms with Gasteiger partial charge in [0.25, 0.3) is 0 Å². The first-order chi connectivity index (χ1) is 5.20. The summed E-state index contributed by atoms with van der Waals surface area (Å²) in [5.41, 5.74) is 0. The molecule has 0 saturated heterocycles. The quantitative estimate of drug-likeness (QED) is 0.672. The van der Waals surface area contributed by atoms with Crippen LogP contribution in [0.25, 0.3) is 0 Å². The zero-order valence-corrected chi connectivity index (χ0v) is 8.39. The lowest BCUT2D eigenvalue weighted by Gasteiger charge is -1.88. The number of nitrogens with zero attached hydrogens (tertiary/aromatic N) is 2. The van der Waals surface area contributed by atoms with Gasteiger partial charge in [0, 0.05) is 0 Å². The molecule has 62 valence electrons. The van der Waals surface area contributed by atoms with Gasteiger partial charge in [0.15, 0.2) is 10.3 Å². The summed E-state index contributed by atoms with van der Waals surface area (Å²) < 4.78 is 0.226. The molecule has 1 heterocycles. The molecule has 0 aromatic carbocycles. The van der Waals surface area contributed by atoms with Crippen molar-refractivity contribution in [3.8, 4) is 0 Å². The molecule has 0 atom stereocenters. The van der Waals surface area contributed by atoms with E-state index in [1.54, 1.807) is 0 Å². The number of hydrogen-bond donors (Lipinski definition) is 1. The van der Waals surface area contributed by atoms with Crippen LogP contribution in [0.5, 0.6) is 0 Å². The molecule has 11 heavy (non-hydrogen) atoms. The van der Waals surface area contributed by atoms with Crippen LogP contribution in [0.2, 0.25) is 10.3 Å². The van der Waals surface area contributed by atoms with Gasteiger partial charge in [-0.2, -0.15) is 5.10 Å². The molecule has 0 aliphatic carbocycles. The van der Waals surface area contributed by atoms with Gasteiger partial charge in [-0.1, -0.05) is 37.0 Å². The minimum absolute atomic E-state index is 0.125. The Morgan fingerprint density at radius 1 is 1.27 bits per heavy atom. The third-order valence-corrected chi connectivity index (χ3v) is 1.43. The van der Waals surface area contributed by atoms with E-state index in [-0.39, 0.29) is 15.1 Å². The van der Waals surface area contributed by atoms with E-state index in [1.807, 2.05) is 13.8 Å². The summed E-state index contributed by atoms with van der Waals surface area (Å²) in [5.74, 6) is 0. The van der Waals surface area contributed by atoms with E-state index >= 15 is 0 Å². The van der Waals surface area contributed by atoms with Crippen LogP contribution in [0.4, 0.5) is 0 Å². The lowest BCUT2D eigenvalue weighted by atomic mass is 10.9. The van der Waals surface area contributed by atoms with Crippen LogP contribution in [-0.4, -0.2) is 15.2 Å². The van der Waals surface area contributed by atoms with Crippen molar-refractivity contribution >= 4 is 35.4 Å². The molecule has 1 N–H and O–H groups in total. The van der Waals surface area contributed by atoms with Gasteiger partial charge in [-0.3, -0.25) is 5.10 Å². The van der Waals surface area contributed by atoms with Gasteiger partial charge < -0.3 is 0 Å². The van der Waals surface area contributed by atoms with Gasteiger partial charge in [-0.25, -0.2) is 4.98 Å². The average molecular weight is 212 g/mol. The number of aromatic amines is 1. The van der Waals surface area contributed by atoms with E-state index in [0.717, 1.165) is 0 Å². The second-order valence-electron chi connectivity index (χ2n) is 1.22. The van der Waals surface area contributed by atoms with Gasteiger partial charge >= 0.3 is 0 Å². The molecule has 1 aromatic heterocycles. The van der Waals surface area contributed by atoms with E-state index in [0.29, 0.717) is 0 Å². The van der Waals surface area contributed by atoms with Crippen molar-refractivity contribution in [1.82, 2.24) is 15.2 Å². The molecule has 3 nitrogen and oxygen atoms in total. The van der Waals surface area contributed by atoms with Crippen LogP contribution in [0.3, 0.4) is 0 Å². The number of rotatable bonds is 0. The van der Waals surface area contributed by atoms with Crippen LogP contribution in [-0.2, 0) is 0 Å². The summed E-state index contributed by atoms with van der Waals surface area (Å²) in [6.45, 7) is 4.00. The Labute approximate surface area is 79.8 Å². The second kappa shape index (κ2) is 5.46. The van der Waals surface area contributed by atoms with Gasteiger partial charge in [0.1, 0.15) is 0 Å². The predicted octanol–water partition coefficient (Wildman–Crippen LogP) is 2.87. The van der Waals surface area contributed by atoms with Crippen LogP contribution in [0, 0.1) is 4.77 Å². The number of hydrogen-bond acceptors (Lipinski definition) is 3. The number of nitrogens with one attached hydrogen (secondary N) is 1. The molecule has 1 aromatic rings. The molecule has 0 aliphatic rings. The number of aromatic nitrogens is 3. The molecule has 6 heteroatoms. The smallest absolute Gasteiger partial charge is 0.214 e. The minimum Gasteiger partial charge on any atom is -0.250 e. The highest BCUT2D eigenvalue weighted by Gasteiger charge is 1.96. The van der Waals surface area contributed by atoms with Crippen LogP contribution >= 0.6 is 35.4 Å². The monoisotopic (exact) mass is 211 g/mol. The summed E-state index contributed by atoms with van der Waals surface area (Å²) >= 11 is 15.4. The van der Waals surface area contributed by atoms with Crippen molar-refractivity contribution in [2.45, 2.75) is 13.8 Å². The molecule has 1 rings (SSSR count). The standard InChI is InChI=1S/C3HCl2N3S.C2H6/c4-1-2(5)7-8-3(9)6-1;1-2/h(H,6,8,9);1-2H3. The fourth-order valence-electron chi connectivity index (χ4n) is 0.303. The van der Waals surface area contributed by atoms with Gasteiger partial charge in [-0.05, 0) is 12.2 Å². The second-order valence-corrected chi connectivity index (χ2v) is 2.32. The van der Waals surface area contributed by atoms with Crippen LogP contribution in [0.15, 0.2) is 0 Å². The Bertz CT molecular complexity index is 273. The largest absolute Gasteiger partial charge is 0.250 e. The van der Waals surface area contributed by atoms with E-state index < -0.39 is 0 Å². The molecular weight excluding hydrogens is 205 g/mol. The molecular formula is C5H7Cl2N3S. The highest BCUT2D eigenvalue weighted by Crippen LogP contribution is 2.12. The Morgan fingerprint density at radius 3 is 2.18 bits per heavy atom. The maximum Gasteiger partial charge on any atom is 0.214 e. The first-order valence-corrected chi connectivity index (χ1v) is 4.14. The third kappa shape index (κ3) is 3.65. The summed E-state index contributed by atoms with van der Waals surface area (Å²) in [5, 5.41) is 6.15. The lowest BCUT2D eigenvalue weighted by molar-refractivity contribution is 0.950. The first-order valence-electron chi connectivity index (χ1n) is 2.98. The van der Waals surface area contributed by atoms with Gasteiger partial charge in [0.2, 0.25) is 4.77 Å². The fraction of sp³-hybridized carbons (Fsp3) is 0.400. The molecule has 0 bridgehead atoms. The van der Waals surface area contributed by atoms with Crippen molar-refractivity contribution < 1.29 is 0 Å². The Balaban J connectivity index is 0.000000461. The number of H-pyrrole nitrogens is 1. The zero-order valence-electron chi connectivity index (χ0n) is 6.06. The minimum atomic E-state index is 0.125. The van der Waals surface area contributed by atoms with Crippen LogP contribution < -0.4 is 0 Å². The molecule has 0 amide bonds. The van der Waals surface area contributed by atoms with E-state index in [4.69, 9.17) is 23.2 Å². The molecule has 0 aliphatic heterocycles. The first kappa shape index (κ1) is 10.8. The molecule has 0 unspecified atom stereocenters. The lowest BCUT2D eigenvalue weighted by Crippen LogP contribution is -1.87. The zero-order chi connectivity index (χ0) is 8.85. The normalized spacial score (nSPS) is 8.36. The number of halogens is 2. The van der Waals surface area contributed by atoms with E-state index in [9.17, 15) is 0 Å². The summed E-state index contributed by atoms with van der Waals surface area (Å²) in [4.78, 5) is 3.60. The topological polar surface area (TPSA) is 41.6 Å². The predicted molar refractivity (Wildman–Crippen MR) is 48.6 cm³/mol. The Hall–Kier alpha value is -0.190. The van der Waals surface area contributed by atoms with Crippen molar-refractivity contribution in [2.75, 3.05) is 0 Å². The molecule has 0 saturated carbocycles. The summed E-state index contributed by atoms with van der Waals surface area (Å²) in [6.07, 6.45) is 0. The van der Waals surface area contributed by atoms with Gasteiger partial charge in [-0.15, -0.1) is 0 Å². The SMILES string of the molecule is CC.S=c1nc(Cl)c(Cl)n[nH]1. The van der Waals surface area contributed by atoms with Crippen molar-refractivity contribution in [3.05, 3.63) is 15.1 Å². The third-order valence-electron chi connectivity index (χ3n) is 0.620. The maximum atomic E-state index is 5.42. The van der Waals surface area contributed by atoms with Crippen molar-refractivity contribution in [2.24, 2.45) is 0 Å². The van der Waals surface area contributed by atoms with Gasteiger partial charge in [0.05, 0.1) is 0 Å². The average Bonchev–Trinajstić information content (AvgIpc) is 2.02. The molecule has 0 fully saturated rings. The summed E-state index contributed by atoms with van der Waals surface area (Å²) in [6, 6.07) is 0. The van der Waals surface area contributed by atoms with Crippen molar-refractivity contribution in [1.29, 1.82) is 0 Å². The van der Waals surface area contributed by atoms with E-state index in [2.05, 4.69) is 27.4 Å².